The van der Waals surface area contributed by atoms with Crippen LogP contribution in [0.4, 0.5) is 0 Å². The van der Waals surface area contributed by atoms with Gasteiger partial charge in [0.25, 0.3) is 0 Å². The highest BCUT2D eigenvalue weighted by molar-refractivity contribution is 7.41. The van der Waals surface area contributed by atoms with Crippen molar-refractivity contribution in [2.75, 3.05) is 21.0 Å². The summed E-state index contributed by atoms with van der Waals surface area (Å²) in [4.78, 5) is 0. The van der Waals surface area contributed by atoms with Crippen molar-refractivity contribution >= 4 is 8.60 Å². The normalized spacial score (nSPS) is 10.5. The van der Waals surface area contributed by atoms with Crippen LogP contribution < -0.4 is 0 Å². The quantitative estimate of drug-likeness (QED) is 0.455. The lowest BCUT2D eigenvalue weighted by molar-refractivity contribution is 0.0745. The number of rotatable bonds is 4. The Bertz CT molecular complexity index is 46.5. The van der Waals surface area contributed by atoms with Crippen LogP contribution >= 0.6 is 8.60 Å². The first-order valence-corrected chi connectivity index (χ1v) is 3.06. The molecule has 0 saturated carbocycles. The molecule has 0 heterocycles. The Labute approximate surface area is 49.4 Å². The van der Waals surface area contributed by atoms with Crippen LogP contribution in [0.2, 0.25) is 0 Å². The first kappa shape index (κ1) is 8.27. The molecule has 0 rings (SSSR count). The second kappa shape index (κ2) is 5.41. The lowest BCUT2D eigenvalue weighted by atomic mass is 11.6. The molecule has 0 saturated heterocycles. The lowest BCUT2D eigenvalue weighted by Crippen LogP contribution is -1.89. The van der Waals surface area contributed by atoms with Gasteiger partial charge in [-0.3, -0.25) is 4.52 Å². The summed E-state index contributed by atoms with van der Waals surface area (Å²) in [5.74, 6) is 0. The molecule has 0 aliphatic rings. The summed E-state index contributed by atoms with van der Waals surface area (Å²) in [6.45, 7) is -0.368. The van der Waals surface area contributed by atoms with E-state index in [1.165, 1.54) is 14.2 Å². The van der Waals surface area contributed by atoms with E-state index in [1.54, 1.807) is 0 Å². The fourth-order valence-corrected chi connectivity index (χ4v) is 0.681. The van der Waals surface area contributed by atoms with Crippen molar-refractivity contribution in [3.05, 3.63) is 0 Å². The molecule has 5 heteroatoms. The summed E-state index contributed by atoms with van der Waals surface area (Å²) in [5.41, 5.74) is 0. The topological polar surface area (TPSA) is 47.9 Å². The van der Waals surface area contributed by atoms with Gasteiger partial charge in [0.15, 0.2) is 6.79 Å². The fourth-order valence-electron chi connectivity index (χ4n) is 0.227. The van der Waals surface area contributed by atoms with Gasteiger partial charge in [-0.1, -0.05) is 0 Å². The van der Waals surface area contributed by atoms with Gasteiger partial charge in [0.05, 0.1) is 0 Å². The predicted octanol–water partition coefficient (Wildman–Crippen LogP) is 0.472. The van der Waals surface area contributed by atoms with Crippen molar-refractivity contribution < 1.29 is 18.7 Å². The zero-order valence-corrected chi connectivity index (χ0v) is 5.72. The summed E-state index contributed by atoms with van der Waals surface area (Å²) < 4.78 is 13.7. The molecule has 8 heavy (non-hydrogen) atoms. The van der Waals surface area contributed by atoms with E-state index in [0.29, 0.717) is 0 Å². The van der Waals surface area contributed by atoms with Crippen LogP contribution in [0.1, 0.15) is 0 Å². The van der Waals surface area contributed by atoms with Crippen molar-refractivity contribution in [2.24, 2.45) is 0 Å². The molecule has 0 aromatic carbocycles. The van der Waals surface area contributed by atoms with Crippen LogP contribution in [0.5, 0.6) is 0 Å². The van der Waals surface area contributed by atoms with E-state index in [9.17, 15) is 0 Å². The molecule has 0 fully saturated rings. The average Bonchev–Trinajstić information content (AvgIpc) is 1.83. The summed E-state index contributed by atoms with van der Waals surface area (Å²) in [6.07, 6.45) is 0. The maximum absolute atomic E-state index is 8.13. The third-order valence-electron chi connectivity index (χ3n) is 0.461. The third-order valence-corrected chi connectivity index (χ3v) is 1.38. The Morgan fingerprint density at radius 2 is 1.88 bits per heavy atom. The van der Waals surface area contributed by atoms with E-state index in [0.717, 1.165) is 0 Å². The Morgan fingerprint density at radius 3 is 2.00 bits per heavy atom. The smallest absolute Gasteiger partial charge is 0.334 e. The lowest BCUT2D eigenvalue weighted by Gasteiger charge is -2.07. The SMILES string of the molecule is COP(OC)OCO. The molecule has 50 valence electrons. The van der Waals surface area contributed by atoms with E-state index in [-0.39, 0.29) is 6.79 Å². The van der Waals surface area contributed by atoms with Crippen LogP contribution in [-0.2, 0) is 13.6 Å². The Hall–Kier alpha value is 0.270. The van der Waals surface area contributed by atoms with Crippen LogP contribution in [0.15, 0.2) is 0 Å². The molecular weight excluding hydrogens is 131 g/mol. The Morgan fingerprint density at radius 1 is 1.38 bits per heavy atom. The van der Waals surface area contributed by atoms with E-state index in [1.807, 2.05) is 0 Å². The van der Waals surface area contributed by atoms with Gasteiger partial charge in [-0.05, 0) is 0 Å². The van der Waals surface area contributed by atoms with Crippen molar-refractivity contribution in [2.45, 2.75) is 0 Å². The summed E-state index contributed by atoms with van der Waals surface area (Å²) in [5, 5.41) is 8.13. The third kappa shape index (κ3) is 3.29. The van der Waals surface area contributed by atoms with Crippen molar-refractivity contribution in [1.82, 2.24) is 0 Å². The molecule has 0 aliphatic carbocycles. The number of hydrogen-bond acceptors (Lipinski definition) is 4. The molecule has 0 aliphatic heterocycles. The highest BCUT2D eigenvalue weighted by Crippen LogP contribution is 2.36. The van der Waals surface area contributed by atoms with Gasteiger partial charge >= 0.3 is 8.60 Å². The van der Waals surface area contributed by atoms with E-state index in [4.69, 9.17) is 5.11 Å². The number of hydrogen-bond donors (Lipinski definition) is 1. The molecule has 4 nitrogen and oxygen atoms in total. The summed E-state index contributed by atoms with van der Waals surface area (Å²) in [6, 6.07) is 0. The molecule has 0 atom stereocenters. The van der Waals surface area contributed by atoms with Crippen LogP contribution in [0, 0.1) is 0 Å². The summed E-state index contributed by atoms with van der Waals surface area (Å²) in [7, 11) is 1.59. The van der Waals surface area contributed by atoms with Crippen LogP contribution in [0.3, 0.4) is 0 Å². The van der Waals surface area contributed by atoms with Crippen molar-refractivity contribution in [1.29, 1.82) is 0 Å². The molecule has 0 radical (unpaired) electrons. The van der Waals surface area contributed by atoms with Crippen molar-refractivity contribution in [3.8, 4) is 0 Å². The standard InChI is InChI=1S/C3H9O4P/c1-5-8(6-2)7-3-4/h4H,3H2,1-2H3. The van der Waals surface area contributed by atoms with Gasteiger partial charge < -0.3 is 14.2 Å². The highest BCUT2D eigenvalue weighted by atomic mass is 31.2. The van der Waals surface area contributed by atoms with E-state index in [2.05, 4.69) is 13.6 Å². The van der Waals surface area contributed by atoms with Gasteiger partial charge in [-0.25, -0.2) is 0 Å². The monoisotopic (exact) mass is 140 g/mol. The predicted molar refractivity (Wildman–Crippen MR) is 29.1 cm³/mol. The minimum absolute atomic E-state index is 0.368. The largest absolute Gasteiger partial charge is 0.370 e. The first-order chi connectivity index (χ1) is 3.85. The number of aliphatic hydroxyl groups excluding tert-OH is 1. The second-order valence-corrected chi connectivity index (χ2v) is 2.28. The molecular formula is C3H9O4P. The van der Waals surface area contributed by atoms with Gasteiger partial charge in [0.2, 0.25) is 0 Å². The van der Waals surface area contributed by atoms with Gasteiger partial charge in [0.1, 0.15) is 0 Å². The fraction of sp³-hybridized carbons (Fsp3) is 1.00. The maximum atomic E-state index is 8.13. The zero-order chi connectivity index (χ0) is 6.41. The second-order valence-electron chi connectivity index (χ2n) is 0.847. The van der Waals surface area contributed by atoms with Crippen LogP contribution in [0.25, 0.3) is 0 Å². The first-order valence-electron chi connectivity index (χ1n) is 1.97. The average molecular weight is 140 g/mol. The Balaban J connectivity index is 3.07. The molecule has 0 aromatic heterocycles. The molecule has 1 N–H and O–H groups in total. The summed E-state index contributed by atoms with van der Waals surface area (Å²) >= 11 is 0. The van der Waals surface area contributed by atoms with E-state index < -0.39 is 8.60 Å². The minimum Gasteiger partial charge on any atom is -0.370 e. The molecule has 0 unspecified atom stereocenters. The van der Waals surface area contributed by atoms with E-state index >= 15 is 0 Å². The number of aliphatic hydroxyl groups is 1. The van der Waals surface area contributed by atoms with Crippen molar-refractivity contribution in [3.63, 3.8) is 0 Å². The van der Waals surface area contributed by atoms with Gasteiger partial charge in [-0.2, -0.15) is 0 Å². The zero-order valence-electron chi connectivity index (χ0n) is 4.83. The molecule has 0 bridgehead atoms. The van der Waals surface area contributed by atoms with Gasteiger partial charge in [-0.15, -0.1) is 0 Å². The maximum Gasteiger partial charge on any atom is 0.334 e. The molecule has 0 amide bonds. The molecule has 0 spiro atoms. The van der Waals surface area contributed by atoms with Crippen LogP contribution in [-0.4, -0.2) is 26.1 Å². The highest BCUT2D eigenvalue weighted by Gasteiger charge is 2.03. The molecule has 0 aromatic rings. The Kier molecular flexibility index (Phi) is 5.59. The minimum atomic E-state index is -1.31. The van der Waals surface area contributed by atoms with Gasteiger partial charge in [0, 0.05) is 14.2 Å².